The number of aryl methyl sites for hydroxylation is 2. The molecule has 0 amide bonds. The Labute approximate surface area is 106 Å². The summed E-state index contributed by atoms with van der Waals surface area (Å²) in [6, 6.07) is 0. The van der Waals surface area contributed by atoms with Gasteiger partial charge in [-0.3, -0.25) is 0 Å². The van der Waals surface area contributed by atoms with Crippen LogP contribution in [0.15, 0.2) is 10.7 Å². The van der Waals surface area contributed by atoms with Crippen LogP contribution in [0.4, 0.5) is 5.95 Å². The van der Waals surface area contributed by atoms with Crippen molar-refractivity contribution in [2.24, 2.45) is 0 Å². The fourth-order valence-corrected chi connectivity index (χ4v) is 1.74. The molecule has 2 aromatic rings. The fraction of sp³-hybridized carbons (Fsp3) is 0.583. The first-order chi connectivity index (χ1) is 8.69. The minimum atomic E-state index is 0.552. The van der Waals surface area contributed by atoms with Crippen LogP contribution in [-0.2, 0) is 6.54 Å². The molecular formula is C12H19N5O. The van der Waals surface area contributed by atoms with Crippen LogP contribution < -0.4 is 5.32 Å². The van der Waals surface area contributed by atoms with Gasteiger partial charge in [0.05, 0.1) is 5.69 Å². The predicted octanol–water partition coefficient (Wildman–Crippen LogP) is 2.14. The Morgan fingerprint density at radius 1 is 1.33 bits per heavy atom. The van der Waals surface area contributed by atoms with E-state index in [0.717, 1.165) is 31.0 Å². The van der Waals surface area contributed by atoms with E-state index in [-0.39, 0.29) is 0 Å². The van der Waals surface area contributed by atoms with Gasteiger partial charge >= 0.3 is 0 Å². The highest BCUT2D eigenvalue weighted by Crippen LogP contribution is 2.11. The molecule has 0 aliphatic carbocycles. The molecule has 2 rings (SSSR count). The zero-order valence-corrected chi connectivity index (χ0v) is 11.1. The van der Waals surface area contributed by atoms with Crippen LogP contribution in [0, 0.1) is 13.8 Å². The lowest BCUT2D eigenvalue weighted by atomic mass is 10.3. The van der Waals surface area contributed by atoms with E-state index >= 15 is 0 Å². The third-order valence-corrected chi connectivity index (χ3v) is 2.59. The van der Waals surface area contributed by atoms with Crippen molar-refractivity contribution in [2.45, 2.75) is 40.2 Å². The van der Waals surface area contributed by atoms with Crippen LogP contribution in [0.3, 0.4) is 0 Å². The Balaban J connectivity index is 2.06. The van der Waals surface area contributed by atoms with E-state index < -0.39 is 0 Å². The van der Waals surface area contributed by atoms with Gasteiger partial charge in [-0.25, -0.2) is 4.98 Å². The van der Waals surface area contributed by atoms with E-state index in [4.69, 9.17) is 4.52 Å². The van der Waals surface area contributed by atoms with Gasteiger partial charge in [0, 0.05) is 12.7 Å². The minimum absolute atomic E-state index is 0.552. The molecule has 0 spiro atoms. The molecule has 0 unspecified atom stereocenters. The smallest absolute Gasteiger partial charge is 0.246 e. The molecule has 98 valence electrons. The maximum atomic E-state index is 5.12. The molecule has 0 atom stereocenters. The normalized spacial score (nSPS) is 10.8. The summed E-state index contributed by atoms with van der Waals surface area (Å²) in [5.41, 5.74) is 0.977. The maximum absolute atomic E-state index is 5.12. The van der Waals surface area contributed by atoms with Crippen molar-refractivity contribution in [3.05, 3.63) is 23.6 Å². The van der Waals surface area contributed by atoms with Gasteiger partial charge in [-0.05, 0) is 20.3 Å². The summed E-state index contributed by atoms with van der Waals surface area (Å²) >= 11 is 0. The molecule has 0 bridgehead atoms. The highest BCUT2D eigenvalue weighted by Gasteiger charge is 2.09. The van der Waals surface area contributed by atoms with Crippen molar-refractivity contribution in [1.29, 1.82) is 0 Å². The Morgan fingerprint density at radius 2 is 2.17 bits per heavy atom. The number of nitrogens with zero attached hydrogens (tertiary/aromatic N) is 4. The standard InChI is InChI=1S/C12H19N5O/c1-4-5-6-13-12-14-9(2)7-17(12)8-11-15-10(3)16-18-11/h7H,4-6,8H2,1-3H3,(H,13,14). The first-order valence-corrected chi connectivity index (χ1v) is 6.26. The van der Waals surface area contributed by atoms with E-state index in [0.29, 0.717) is 18.3 Å². The zero-order valence-electron chi connectivity index (χ0n) is 11.1. The second-order valence-electron chi connectivity index (χ2n) is 4.35. The number of hydrogen-bond acceptors (Lipinski definition) is 5. The van der Waals surface area contributed by atoms with E-state index in [1.165, 1.54) is 0 Å². The van der Waals surface area contributed by atoms with Crippen LogP contribution in [0.1, 0.15) is 37.2 Å². The largest absolute Gasteiger partial charge is 0.356 e. The van der Waals surface area contributed by atoms with Crippen LogP contribution in [0.2, 0.25) is 0 Å². The van der Waals surface area contributed by atoms with Gasteiger partial charge in [-0.1, -0.05) is 18.5 Å². The summed E-state index contributed by atoms with van der Waals surface area (Å²) in [5, 5.41) is 7.11. The van der Waals surface area contributed by atoms with Gasteiger partial charge in [0.1, 0.15) is 6.54 Å². The topological polar surface area (TPSA) is 68.8 Å². The van der Waals surface area contributed by atoms with E-state index in [9.17, 15) is 0 Å². The van der Waals surface area contributed by atoms with Crippen LogP contribution >= 0.6 is 0 Å². The average Bonchev–Trinajstić information content (AvgIpc) is 2.87. The summed E-state index contributed by atoms with van der Waals surface area (Å²) in [5.74, 6) is 2.11. The van der Waals surface area contributed by atoms with Gasteiger partial charge in [0.25, 0.3) is 0 Å². The van der Waals surface area contributed by atoms with Crippen molar-refractivity contribution in [2.75, 3.05) is 11.9 Å². The molecular weight excluding hydrogens is 230 g/mol. The summed E-state index contributed by atoms with van der Waals surface area (Å²) < 4.78 is 7.12. The molecule has 2 heterocycles. The number of rotatable bonds is 6. The van der Waals surface area contributed by atoms with Gasteiger partial charge < -0.3 is 14.4 Å². The lowest BCUT2D eigenvalue weighted by Crippen LogP contribution is -2.09. The van der Waals surface area contributed by atoms with Crippen molar-refractivity contribution >= 4 is 5.95 Å². The summed E-state index contributed by atoms with van der Waals surface area (Å²) in [6.45, 7) is 7.43. The van der Waals surface area contributed by atoms with Crippen molar-refractivity contribution < 1.29 is 4.52 Å². The fourth-order valence-electron chi connectivity index (χ4n) is 1.74. The van der Waals surface area contributed by atoms with Crippen LogP contribution in [0.25, 0.3) is 0 Å². The molecule has 6 heteroatoms. The Morgan fingerprint density at radius 3 is 2.83 bits per heavy atom. The molecule has 18 heavy (non-hydrogen) atoms. The third kappa shape index (κ3) is 3.09. The van der Waals surface area contributed by atoms with E-state index in [2.05, 4.69) is 27.4 Å². The van der Waals surface area contributed by atoms with Gasteiger partial charge in [0.2, 0.25) is 11.8 Å². The number of nitrogens with one attached hydrogen (secondary N) is 1. The van der Waals surface area contributed by atoms with E-state index in [1.54, 1.807) is 0 Å². The molecule has 0 aliphatic heterocycles. The van der Waals surface area contributed by atoms with Crippen molar-refractivity contribution in [1.82, 2.24) is 19.7 Å². The summed E-state index contributed by atoms with van der Waals surface area (Å²) in [6.07, 6.45) is 4.27. The zero-order chi connectivity index (χ0) is 13.0. The highest BCUT2D eigenvalue weighted by molar-refractivity contribution is 5.29. The molecule has 2 aromatic heterocycles. The first-order valence-electron chi connectivity index (χ1n) is 6.26. The Bertz CT molecular complexity index is 502. The molecule has 0 aromatic carbocycles. The minimum Gasteiger partial charge on any atom is -0.356 e. The second-order valence-corrected chi connectivity index (χ2v) is 4.35. The highest BCUT2D eigenvalue weighted by atomic mass is 16.5. The van der Waals surface area contributed by atoms with E-state index in [1.807, 2.05) is 24.6 Å². The Hall–Kier alpha value is -1.85. The second kappa shape index (κ2) is 5.66. The average molecular weight is 249 g/mol. The quantitative estimate of drug-likeness (QED) is 0.794. The number of hydrogen-bond donors (Lipinski definition) is 1. The van der Waals surface area contributed by atoms with Crippen LogP contribution in [-0.4, -0.2) is 26.2 Å². The van der Waals surface area contributed by atoms with Crippen molar-refractivity contribution in [3.63, 3.8) is 0 Å². The van der Waals surface area contributed by atoms with Crippen LogP contribution in [0.5, 0.6) is 0 Å². The SMILES string of the molecule is CCCCNc1nc(C)cn1Cc1nc(C)no1. The number of anilines is 1. The summed E-state index contributed by atoms with van der Waals surface area (Å²) in [4.78, 5) is 8.65. The third-order valence-electron chi connectivity index (χ3n) is 2.59. The molecule has 0 aliphatic rings. The number of unbranched alkanes of at least 4 members (excludes halogenated alkanes) is 1. The van der Waals surface area contributed by atoms with Gasteiger partial charge in [0.15, 0.2) is 5.82 Å². The predicted molar refractivity (Wildman–Crippen MR) is 68.5 cm³/mol. The summed E-state index contributed by atoms with van der Waals surface area (Å²) in [7, 11) is 0. The molecule has 0 radical (unpaired) electrons. The number of imidazole rings is 1. The molecule has 1 N–H and O–H groups in total. The molecule has 6 nitrogen and oxygen atoms in total. The molecule has 0 fully saturated rings. The van der Waals surface area contributed by atoms with Gasteiger partial charge in [-0.15, -0.1) is 0 Å². The lowest BCUT2D eigenvalue weighted by Gasteiger charge is -2.06. The van der Waals surface area contributed by atoms with Crippen molar-refractivity contribution in [3.8, 4) is 0 Å². The maximum Gasteiger partial charge on any atom is 0.246 e. The van der Waals surface area contributed by atoms with Gasteiger partial charge in [-0.2, -0.15) is 4.98 Å². The monoisotopic (exact) mass is 249 g/mol. The lowest BCUT2D eigenvalue weighted by molar-refractivity contribution is 0.368. The first kappa shape index (κ1) is 12.6. The number of aromatic nitrogens is 4. The molecule has 0 saturated carbocycles. The Kier molecular flexibility index (Phi) is 3.96. The molecule has 0 saturated heterocycles.